The number of likely N-dealkylation sites (N-methyl/N-ethyl adjacent to an activating group) is 1. The van der Waals surface area contributed by atoms with Crippen molar-refractivity contribution in [1.29, 1.82) is 0 Å². The third-order valence-electron chi connectivity index (χ3n) is 3.05. The van der Waals surface area contributed by atoms with Crippen molar-refractivity contribution in [3.63, 3.8) is 0 Å². The Hall–Kier alpha value is -1.79. The highest BCUT2D eigenvalue weighted by molar-refractivity contribution is 5.77. The quantitative estimate of drug-likeness (QED) is 0.613. The van der Waals surface area contributed by atoms with E-state index in [9.17, 15) is 14.4 Å². The van der Waals surface area contributed by atoms with Crippen LogP contribution in [0.2, 0.25) is 0 Å². The molecule has 7 heteroatoms. The van der Waals surface area contributed by atoms with Crippen molar-refractivity contribution in [1.82, 2.24) is 15.1 Å². The fourth-order valence-electron chi connectivity index (χ4n) is 1.89. The van der Waals surface area contributed by atoms with E-state index < -0.39 is 5.97 Å². The number of carbonyl (C=O) groups excluding carboxylic acids is 2. The summed E-state index contributed by atoms with van der Waals surface area (Å²) in [6.45, 7) is 2.38. The molecule has 1 rings (SSSR count). The molecule has 0 unspecified atom stereocenters. The van der Waals surface area contributed by atoms with Crippen LogP contribution in [0.1, 0.15) is 25.7 Å². The zero-order valence-corrected chi connectivity index (χ0v) is 11.2. The van der Waals surface area contributed by atoms with E-state index in [1.165, 1.54) is 0 Å². The molecule has 0 aromatic heterocycles. The number of carbonyl (C=O) groups is 3. The molecule has 7 nitrogen and oxygen atoms in total. The van der Waals surface area contributed by atoms with Crippen molar-refractivity contribution in [2.45, 2.75) is 25.7 Å². The molecule has 0 aliphatic carbocycles. The van der Waals surface area contributed by atoms with E-state index in [2.05, 4.69) is 5.32 Å². The smallest absolute Gasteiger partial charge is 0.319 e. The lowest BCUT2D eigenvalue weighted by Crippen LogP contribution is -2.37. The van der Waals surface area contributed by atoms with Crippen molar-refractivity contribution >= 4 is 17.9 Å². The molecule has 0 atom stereocenters. The summed E-state index contributed by atoms with van der Waals surface area (Å²) in [6, 6.07) is -0.00397. The molecule has 1 fully saturated rings. The summed E-state index contributed by atoms with van der Waals surface area (Å²) in [5.74, 6) is -0.928. The van der Waals surface area contributed by atoms with E-state index in [4.69, 9.17) is 5.11 Å². The van der Waals surface area contributed by atoms with Gasteiger partial charge in [0.05, 0.1) is 0 Å². The van der Waals surface area contributed by atoms with Crippen LogP contribution in [0.25, 0.3) is 0 Å². The van der Waals surface area contributed by atoms with Crippen LogP contribution in [-0.2, 0) is 9.59 Å². The van der Waals surface area contributed by atoms with Gasteiger partial charge in [-0.1, -0.05) is 0 Å². The molecule has 0 aromatic rings. The summed E-state index contributed by atoms with van der Waals surface area (Å²) >= 11 is 0. The van der Waals surface area contributed by atoms with Crippen LogP contribution >= 0.6 is 0 Å². The van der Waals surface area contributed by atoms with Crippen molar-refractivity contribution < 1.29 is 19.5 Å². The minimum Gasteiger partial charge on any atom is -0.481 e. The Morgan fingerprint density at radius 2 is 1.95 bits per heavy atom. The lowest BCUT2D eigenvalue weighted by Gasteiger charge is -2.16. The molecule has 0 aromatic carbocycles. The van der Waals surface area contributed by atoms with Gasteiger partial charge < -0.3 is 20.2 Å². The maximum Gasteiger partial charge on any atom is 0.319 e. The van der Waals surface area contributed by atoms with Crippen molar-refractivity contribution in [2.75, 3.05) is 33.2 Å². The second-order valence-electron chi connectivity index (χ2n) is 4.64. The Morgan fingerprint density at radius 3 is 2.53 bits per heavy atom. The molecule has 19 heavy (non-hydrogen) atoms. The second-order valence-corrected chi connectivity index (χ2v) is 4.64. The molecule has 1 aliphatic heterocycles. The molecule has 3 amide bonds. The average Bonchev–Trinajstić information content (AvgIpc) is 2.66. The van der Waals surface area contributed by atoms with Crippen LogP contribution in [0, 0.1) is 0 Å². The Balaban J connectivity index is 2.04. The van der Waals surface area contributed by atoms with Gasteiger partial charge in [0.15, 0.2) is 0 Å². The average molecular weight is 271 g/mol. The highest BCUT2D eigenvalue weighted by atomic mass is 16.4. The van der Waals surface area contributed by atoms with Crippen LogP contribution in [0.3, 0.4) is 0 Å². The molecule has 1 heterocycles. The third kappa shape index (κ3) is 5.58. The highest BCUT2D eigenvalue weighted by Crippen LogP contribution is 2.04. The predicted molar refractivity (Wildman–Crippen MR) is 68.7 cm³/mol. The van der Waals surface area contributed by atoms with Crippen molar-refractivity contribution in [3.05, 3.63) is 0 Å². The normalized spacial score (nSPS) is 14.9. The maximum absolute atomic E-state index is 11.5. The lowest BCUT2D eigenvalue weighted by atomic mass is 10.2. The van der Waals surface area contributed by atoms with E-state index in [1.807, 2.05) is 0 Å². The molecule has 1 saturated heterocycles. The molecule has 0 spiro atoms. The molecule has 2 N–H and O–H groups in total. The van der Waals surface area contributed by atoms with Gasteiger partial charge in [0.25, 0.3) is 0 Å². The molecule has 0 saturated carbocycles. The first kappa shape index (κ1) is 15.3. The number of hydrogen-bond acceptors (Lipinski definition) is 3. The lowest BCUT2D eigenvalue weighted by molar-refractivity contribution is -0.137. The van der Waals surface area contributed by atoms with E-state index in [-0.39, 0.29) is 18.4 Å². The van der Waals surface area contributed by atoms with Gasteiger partial charge >= 0.3 is 12.0 Å². The summed E-state index contributed by atoms with van der Waals surface area (Å²) in [4.78, 5) is 36.6. The largest absolute Gasteiger partial charge is 0.481 e. The Labute approximate surface area is 112 Å². The van der Waals surface area contributed by atoms with Crippen LogP contribution in [0.5, 0.6) is 0 Å². The Bertz CT molecular complexity index is 346. The fraction of sp³-hybridized carbons (Fsp3) is 0.750. The number of amides is 3. The van der Waals surface area contributed by atoms with E-state index in [1.54, 1.807) is 16.8 Å². The fourth-order valence-corrected chi connectivity index (χ4v) is 1.89. The van der Waals surface area contributed by atoms with E-state index in [0.717, 1.165) is 6.54 Å². The highest BCUT2D eigenvalue weighted by Gasteiger charge is 2.24. The monoisotopic (exact) mass is 271 g/mol. The number of nitrogens with one attached hydrogen (secondary N) is 1. The number of rotatable bonds is 8. The van der Waals surface area contributed by atoms with Crippen molar-refractivity contribution in [2.24, 2.45) is 0 Å². The van der Waals surface area contributed by atoms with Gasteiger partial charge in [-0.3, -0.25) is 9.59 Å². The van der Waals surface area contributed by atoms with Gasteiger partial charge in [-0.15, -0.1) is 0 Å². The summed E-state index contributed by atoms with van der Waals surface area (Å²) in [7, 11) is 1.75. The second kappa shape index (κ2) is 7.60. The SMILES string of the molecule is CN1CCN(CCNC(=O)CCCCC(=O)O)C1=O. The standard InChI is InChI=1S/C12H21N3O4/c1-14-8-9-15(12(14)19)7-6-13-10(16)4-2-3-5-11(17)18/h2-9H2,1H3,(H,13,16)(H,17,18). The summed E-state index contributed by atoms with van der Waals surface area (Å²) < 4.78 is 0. The summed E-state index contributed by atoms with van der Waals surface area (Å²) in [5, 5.41) is 11.2. The number of nitrogens with zero attached hydrogens (tertiary/aromatic N) is 2. The molecule has 0 bridgehead atoms. The minimum atomic E-state index is -0.836. The number of hydrogen-bond donors (Lipinski definition) is 2. The number of carboxylic acids is 1. The number of aliphatic carboxylic acids is 1. The van der Waals surface area contributed by atoms with Crippen LogP contribution in [-0.4, -0.2) is 66.0 Å². The van der Waals surface area contributed by atoms with E-state index >= 15 is 0 Å². The van der Waals surface area contributed by atoms with Gasteiger partial charge in [-0.25, -0.2) is 4.79 Å². The summed E-state index contributed by atoms with van der Waals surface area (Å²) in [5.41, 5.74) is 0. The van der Waals surface area contributed by atoms with Gasteiger partial charge in [0.2, 0.25) is 5.91 Å². The number of unbranched alkanes of at least 4 members (excludes halogenated alkanes) is 1. The molecule has 0 radical (unpaired) electrons. The molecular weight excluding hydrogens is 250 g/mol. The van der Waals surface area contributed by atoms with Crippen LogP contribution in [0.4, 0.5) is 4.79 Å². The molecule has 1 aliphatic rings. The number of urea groups is 1. The van der Waals surface area contributed by atoms with Gasteiger partial charge in [0, 0.05) is 46.1 Å². The first-order valence-corrected chi connectivity index (χ1v) is 6.49. The number of carboxylic acid groups (broad SMARTS) is 1. The minimum absolute atomic E-state index is 0.00397. The van der Waals surface area contributed by atoms with Gasteiger partial charge in [-0.05, 0) is 12.8 Å². The van der Waals surface area contributed by atoms with Crippen molar-refractivity contribution in [3.8, 4) is 0 Å². The third-order valence-corrected chi connectivity index (χ3v) is 3.05. The summed E-state index contributed by atoms with van der Waals surface area (Å²) in [6.07, 6.45) is 1.52. The Morgan fingerprint density at radius 1 is 1.26 bits per heavy atom. The zero-order valence-electron chi connectivity index (χ0n) is 11.2. The maximum atomic E-state index is 11.5. The first-order chi connectivity index (χ1) is 9.00. The molecule has 108 valence electrons. The topological polar surface area (TPSA) is 89.9 Å². The predicted octanol–water partition coefficient (Wildman–Crippen LogP) is 0.115. The van der Waals surface area contributed by atoms with Gasteiger partial charge in [0.1, 0.15) is 0 Å². The Kier molecular flexibility index (Phi) is 6.11. The molecular formula is C12H21N3O4. The van der Waals surface area contributed by atoms with Crippen LogP contribution < -0.4 is 5.32 Å². The zero-order chi connectivity index (χ0) is 14.3. The first-order valence-electron chi connectivity index (χ1n) is 6.49. The van der Waals surface area contributed by atoms with E-state index in [0.29, 0.717) is 38.9 Å². The van der Waals surface area contributed by atoms with Crippen LogP contribution in [0.15, 0.2) is 0 Å². The van der Waals surface area contributed by atoms with Gasteiger partial charge in [-0.2, -0.15) is 0 Å².